The number of rotatable bonds is 7. The number of carbonyl (C=O) groups excluding carboxylic acids is 1. The number of nitrogens with zero attached hydrogens (tertiary/aromatic N) is 2. The zero-order valence-electron chi connectivity index (χ0n) is 14.3. The highest BCUT2D eigenvalue weighted by Crippen LogP contribution is 2.27. The van der Waals surface area contributed by atoms with Gasteiger partial charge in [0, 0.05) is 26.7 Å². The van der Waals surface area contributed by atoms with E-state index < -0.39 is 6.09 Å². The molecule has 0 radical (unpaired) electrons. The first-order valence-corrected chi connectivity index (χ1v) is 8.33. The summed E-state index contributed by atoms with van der Waals surface area (Å²) in [5.74, 6) is 0.817. The lowest BCUT2D eigenvalue weighted by molar-refractivity contribution is 0.134. The maximum Gasteiger partial charge on any atom is 0.407 e. The van der Waals surface area contributed by atoms with Crippen LogP contribution in [-0.4, -0.2) is 55.4 Å². The summed E-state index contributed by atoms with van der Waals surface area (Å²) in [5.41, 5.74) is 0.956. The Balaban J connectivity index is 1.57. The van der Waals surface area contributed by atoms with Crippen LogP contribution in [0.3, 0.4) is 0 Å². The summed E-state index contributed by atoms with van der Waals surface area (Å²) in [6, 6.07) is 9.52. The van der Waals surface area contributed by atoms with Crippen LogP contribution in [0.1, 0.15) is 17.2 Å². The van der Waals surface area contributed by atoms with Crippen LogP contribution in [0.5, 0.6) is 0 Å². The zero-order chi connectivity index (χ0) is 17.5. The van der Waals surface area contributed by atoms with E-state index in [2.05, 4.69) is 15.2 Å². The second-order valence-corrected chi connectivity index (χ2v) is 6.08. The molecule has 1 aromatic carbocycles. The smallest absolute Gasteiger partial charge is 0.407 e. The summed E-state index contributed by atoms with van der Waals surface area (Å²) >= 11 is 0. The van der Waals surface area contributed by atoms with Crippen LogP contribution >= 0.6 is 0 Å². The molecular weight excluding hydrogens is 322 g/mol. The van der Waals surface area contributed by atoms with Crippen LogP contribution in [0.2, 0.25) is 0 Å². The fourth-order valence-electron chi connectivity index (χ4n) is 3.05. The van der Waals surface area contributed by atoms with E-state index in [4.69, 9.17) is 13.9 Å². The number of methoxy groups -OCH3 is 1. The molecule has 7 heteroatoms. The van der Waals surface area contributed by atoms with Gasteiger partial charge in [-0.1, -0.05) is 30.3 Å². The van der Waals surface area contributed by atoms with Gasteiger partial charge in [0.25, 0.3) is 0 Å². The first-order chi connectivity index (χ1) is 12.3. The number of amides is 1. The van der Waals surface area contributed by atoms with Crippen LogP contribution in [0, 0.1) is 0 Å². The fraction of sp³-hybridized carbons (Fsp3) is 0.444. The first kappa shape index (κ1) is 17.4. The van der Waals surface area contributed by atoms with E-state index in [0.29, 0.717) is 6.61 Å². The number of ether oxygens (including phenoxy) is 2. The second kappa shape index (κ2) is 8.64. The third-order valence-electron chi connectivity index (χ3n) is 4.34. The van der Waals surface area contributed by atoms with E-state index in [1.54, 1.807) is 13.3 Å². The molecule has 25 heavy (non-hydrogen) atoms. The van der Waals surface area contributed by atoms with Gasteiger partial charge in [0.15, 0.2) is 6.39 Å². The molecule has 1 N–H and O–H groups in total. The SMILES string of the molecule is COCCN1C[C@@H](NC(=O)OCc2ccccc2)[C@H](c2cnco2)C1. The second-order valence-electron chi connectivity index (χ2n) is 6.08. The molecule has 1 aromatic heterocycles. The summed E-state index contributed by atoms with van der Waals surface area (Å²) in [6.45, 7) is 3.20. The molecule has 0 unspecified atom stereocenters. The molecule has 2 aromatic rings. The lowest BCUT2D eigenvalue weighted by Gasteiger charge is -2.18. The van der Waals surface area contributed by atoms with Crippen molar-refractivity contribution in [2.24, 2.45) is 0 Å². The van der Waals surface area contributed by atoms with Crippen LogP contribution in [0.4, 0.5) is 4.79 Å². The molecule has 7 nitrogen and oxygen atoms in total. The molecule has 134 valence electrons. The largest absolute Gasteiger partial charge is 0.448 e. The van der Waals surface area contributed by atoms with Gasteiger partial charge in [-0.15, -0.1) is 0 Å². The van der Waals surface area contributed by atoms with E-state index >= 15 is 0 Å². The van der Waals surface area contributed by atoms with Gasteiger partial charge in [-0.25, -0.2) is 9.78 Å². The summed E-state index contributed by atoms with van der Waals surface area (Å²) in [7, 11) is 1.68. The van der Waals surface area contributed by atoms with Crippen LogP contribution in [-0.2, 0) is 16.1 Å². The molecule has 1 amide bonds. The van der Waals surface area contributed by atoms with Gasteiger partial charge in [0.2, 0.25) is 0 Å². The van der Waals surface area contributed by atoms with E-state index in [1.807, 2.05) is 30.3 Å². The monoisotopic (exact) mass is 345 g/mol. The number of oxazole rings is 1. The number of nitrogens with one attached hydrogen (secondary N) is 1. The van der Waals surface area contributed by atoms with Gasteiger partial charge >= 0.3 is 6.09 Å². The highest BCUT2D eigenvalue weighted by molar-refractivity contribution is 5.68. The third kappa shape index (κ3) is 4.80. The summed E-state index contributed by atoms with van der Waals surface area (Å²) in [4.78, 5) is 18.4. The van der Waals surface area contributed by atoms with Gasteiger partial charge in [-0.05, 0) is 5.56 Å². The Morgan fingerprint density at radius 2 is 2.20 bits per heavy atom. The van der Waals surface area contributed by atoms with E-state index in [0.717, 1.165) is 31.0 Å². The molecule has 0 saturated carbocycles. The van der Waals surface area contributed by atoms with Crippen molar-refractivity contribution in [2.75, 3.05) is 33.4 Å². The van der Waals surface area contributed by atoms with Gasteiger partial charge in [0.1, 0.15) is 12.4 Å². The van der Waals surface area contributed by atoms with Crippen molar-refractivity contribution in [3.8, 4) is 0 Å². The van der Waals surface area contributed by atoms with E-state index in [1.165, 1.54) is 6.39 Å². The van der Waals surface area contributed by atoms with Gasteiger partial charge in [-0.3, -0.25) is 4.90 Å². The molecule has 1 aliphatic rings. The average molecular weight is 345 g/mol. The van der Waals surface area contributed by atoms with Crippen molar-refractivity contribution >= 4 is 6.09 Å². The van der Waals surface area contributed by atoms with Crippen molar-refractivity contribution in [3.05, 3.63) is 54.2 Å². The molecule has 3 rings (SSSR count). The topological polar surface area (TPSA) is 76.8 Å². The van der Waals surface area contributed by atoms with Gasteiger partial charge in [0.05, 0.1) is 24.8 Å². The average Bonchev–Trinajstić information content (AvgIpc) is 3.29. The summed E-state index contributed by atoms with van der Waals surface area (Å²) in [6.07, 6.45) is 2.69. The Kier molecular flexibility index (Phi) is 6.03. The van der Waals surface area contributed by atoms with Crippen LogP contribution in [0.25, 0.3) is 0 Å². The van der Waals surface area contributed by atoms with E-state index in [9.17, 15) is 4.79 Å². The highest BCUT2D eigenvalue weighted by atomic mass is 16.5. The number of alkyl carbamates (subject to hydrolysis) is 1. The predicted molar refractivity (Wildman–Crippen MR) is 91.1 cm³/mol. The molecule has 0 aliphatic carbocycles. The van der Waals surface area contributed by atoms with Crippen molar-refractivity contribution in [2.45, 2.75) is 18.6 Å². The van der Waals surface area contributed by atoms with Crippen molar-refractivity contribution in [3.63, 3.8) is 0 Å². The lowest BCUT2D eigenvalue weighted by atomic mass is 10.0. The Hall–Kier alpha value is -2.38. The van der Waals surface area contributed by atoms with Crippen LogP contribution in [0.15, 0.2) is 47.3 Å². The Morgan fingerprint density at radius 1 is 1.36 bits per heavy atom. The minimum Gasteiger partial charge on any atom is -0.448 e. The lowest BCUT2D eigenvalue weighted by Crippen LogP contribution is -2.40. The Labute approximate surface area is 146 Å². The predicted octanol–water partition coefficient (Wildman–Crippen LogP) is 2.02. The van der Waals surface area contributed by atoms with Crippen molar-refractivity contribution in [1.29, 1.82) is 0 Å². The van der Waals surface area contributed by atoms with Crippen molar-refractivity contribution in [1.82, 2.24) is 15.2 Å². The molecule has 1 saturated heterocycles. The maximum atomic E-state index is 12.2. The van der Waals surface area contributed by atoms with Gasteiger partial charge < -0.3 is 19.2 Å². The molecular formula is C18H23N3O4. The fourth-order valence-corrected chi connectivity index (χ4v) is 3.05. The molecule has 1 aliphatic heterocycles. The Morgan fingerprint density at radius 3 is 2.92 bits per heavy atom. The highest BCUT2D eigenvalue weighted by Gasteiger charge is 2.36. The quantitative estimate of drug-likeness (QED) is 0.827. The van der Waals surface area contributed by atoms with Crippen LogP contribution < -0.4 is 5.32 Å². The third-order valence-corrected chi connectivity index (χ3v) is 4.34. The number of aromatic nitrogens is 1. The number of hydrogen-bond acceptors (Lipinski definition) is 6. The first-order valence-electron chi connectivity index (χ1n) is 8.33. The summed E-state index contributed by atoms with van der Waals surface area (Å²) in [5, 5.41) is 2.96. The Bertz CT molecular complexity index is 648. The zero-order valence-corrected chi connectivity index (χ0v) is 14.3. The molecule has 1 fully saturated rings. The van der Waals surface area contributed by atoms with Crippen molar-refractivity contribution < 1.29 is 18.7 Å². The normalized spacial score (nSPS) is 20.5. The molecule has 0 spiro atoms. The molecule has 2 atom stereocenters. The number of hydrogen-bond donors (Lipinski definition) is 1. The van der Waals surface area contributed by atoms with E-state index in [-0.39, 0.29) is 18.6 Å². The molecule has 2 heterocycles. The number of likely N-dealkylation sites (tertiary alicyclic amines) is 1. The number of benzene rings is 1. The van der Waals surface area contributed by atoms with Gasteiger partial charge in [-0.2, -0.15) is 0 Å². The minimum atomic E-state index is -0.424. The number of carbonyl (C=O) groups is 1. The standard InChI is InChI=1S/C18H23N3O4/c1-23-8-7-21-10-15(17-9-19-13-25-17)16(11-21)20-18(22)24-12-14-5-3-2-4-6-14/h2-6,9,13,15-16H,7-8,10-12H2,1H3,(H,20,22)/t15-,16-/m1/s1. The summed E-state index contributed by atoms with van der Waals surface area (Å²) < 4.78 is 15.9. The minimum absolute atomic E-state index is 0.0450. The molecule has 0 bridgehead atoms. The maximum absolute atomic E-state index is 12.2.